The van der Waals surface area contributed by atoms with Gasteiger partial charge in [0.25, 0.3) is 0 Å². The van der Waals surface area contributed by atoms with Gasteiger partial charge in [-0.1, -0.05) is 43.7 Å². The first kappa shape index (κ1) is 17.6. The number of urea groups is 1. The van der Waals surface area contributed by atoms with Crippen LogP contribution in [0.5, 0.6) is 0 Å². The molecule has 6 heteroatoms. The summed E-state index contributed by atoms with van der Waals surface area (Å²) in [7, 11) is 0. The lowest BCUT2D eigenvalue weighted by Crippen LogP contribution is -2.51. The van der Waals surface area contributed by atoms with E-state index in [1.165, 1.54) is 5.56 Å². The van der Waals surface area contributed by atoms with Crippen LogP contribution in [0.15, 0.2) is 30.3 Å². The highest BCUT2D eigenvalue weighted by molar-refractivity contribution is 5.74. The molecule has 0 bridgehead atoms. The SMILES string of the molecule is CC[C@H](CNC(=O)N1CCC2(CC1)COC(=O)O2)Cc1ccccc1. The molecule has 136 valence electrons. The van der Waals surface area contributed by atoms with E-state index in [2.05, 4.69) is 24.4 Å². The second kappa shape index (κ2) is 7.76. The molecule has 2 fully saturated rings. The van der Waals surface area contributed by atoms with Crippen LogP contribution in [0.25, 0.3) is 0 Å². The fourth-order valence-electron chi connectivity index (χ4n) is 3.44. The lowest BCUT2D eigenvalue weighted by atomic mass is 9.92. The Balaban J connectivity index is 1.44. The van der Waals surface area contributed by atoms with Crippen molar-refractivity contribution < 1.29 is 19.1 Å². The summed E-state index contributed by atoms with van der Waals surface area (Å²) in [5, 5.41) is 3.06. The Hall–Kier alpha value is -2.24. The number of benzene rings is 1. The number of carbonyl (C=O) groups is 2. The van der Waals surface area contributed by atoms with E-state index < -0.39 is 11.8 Å². The van der Waals surface area contributed by atoms with Crippen LogP contribution in [0, 0.1) is 5.92 Å². The summed E-state index contributed by atoms with van der Waals surface area (Å²) < 4.78 is 10.2. The van der Waals surface area contributed by atoms with Gasteiger partial charge in [-0.05, 0) is 17.9 Å². The first-order valence-electron chi connectivity index (χ1n) is 9.03. The molecule has 0 aromatic heterocycles. The van der Waals surface area contributed by atoms with Crippen molar-refractivity contribution in [3.05, 3.63) is 35.9 Å². The van der Waals surface area contributed by atoms with Crippen molar-refractivity contribution in [3.8, 4) is 0 Å². The highest BCUT2D eigenvalue weighted by Gasteiger charge is 2.45. The molecule has 0 aliphatic carbocycles. The van der Waals surface area contributed by atoms with Crippen molar-refractivity contribution in [1.29, 1.82) is 0 Å². The van der Waals surface area contributed by atoms with Gasteiger partial charge in [0.05, 0.1) is 0 Å². The molecule has 6 nitrogen and oxygen atoms in total. The monoisotopic (exact) mass is 346 g/mol. The maximum Gasteiger partial charge on any atom is 0.509 e. The standard InChI is InChI=1S/C19H26N2O4/c1-2-15(12-16-6-4-3-5-7-16)13-20-17(22)21-10-8-19(9-11-21)14-24-18(23)25-19/h3-7,15H,2,8-14H2,1H3,(H,20,22)/t15-/m0/s1. The van der Waals surface area contributed by atoms with E-state index in [-0.39, 0.29) is 6.03 Å². The minimum absolute atomic E-state index is 0.0356. The first-order valence-corrected chi connectivity index (χ1v) is 9.03. The third-order valence-electron chi connectivity index (χ3n) is 5.20. The second-order valence-electron chi connectivity index (χ2n) is 6.96. The van der Waals surface area contributed by atoms with Crippen LogP contribution in [0.4, 0.5) is 9.59 Å². The number of carbonyl (C=O) groups excluding carboxylic acids is 2. The molecule has 2 amide bonds. The maximum atomic E-state index is 12.4. The van der Waals surface area contributed by atoms with Crippen LogP contribution in [-0.2, 0) is 15.9 Å². The molecule has 0 unspecified atom stereocenters. The zero-order chi connectivity index (χ0) is 17.7. The van der Waals surface area contributed by atoms with E-state index in [9.17, 15) is 9.59 Å². The molecular formula is C19H26N2O4. The fraction of sp³-hybridized carbons (Fsp3) is 0.579. The number of piperidine rings is 1. The van der Waals surface area contributed by atoms with Gasteiger partial charge in [0.2, 0.25) is 0 Å². The Kier molecular flexibility index (Phi) is 5.46. The van der Waals surface area contributed by atoms with Crippen LogP contribution in [0.3, 0.4) is 0 Å². The first-order chi connectivity index (χ1) is 12.1. The van der Waals surface area contributed by atoms with Crippen molar-refractivity contribution in [2.24, 2.45) is 5.92 Å². The van der Waals surface area contributed by atoms with Crippen LogP contribution in [-0.4, -0.2) is 48.9 Å². The quantitative estimate of drug-likeness (QED) is 0.832. The van der Waals surface area contributed by atoms with Gasteiger partial charge in [0.15, 0.2) is 5.60 Å². The van der Waals surface area contributed by atoms with Gasteiger partial charge in [-0.2, -0.15) is 0 Å². The lowest BCUT2D eigenvalue weighted by Gasteiger charge is -2.36. The van der Waals surface area contributed by atoms with Gasteiger partial charge in [-0.15, -0.1) is 0 Å². The number of amides is 2. The number of hydrogen-bond acceptors (Lipinski definition) is 4. The highest BCUT2D eigenvalue weighted by atomic mass is 16.8. The molecule has 1 spiro atoms. The minimum atomic E-state index is -0.593. The van der Waals surface area contributed by atoms with Gasteiger partial charge in [-0.3, -0.25) is 0 Å². The third kappa shape index (κ3) is 4.44. The van der Waals surface area contributed by atoms with E-state index in [1.54, 1.807) is 4.90 Å². The topological polar surface area (TPSA) is 67.9 Å². The van der Waals surface area contributed by atoms with Crippen molar-refractivity contribution in [1.82, 2.24) is 10.2 Å². The van der Waals surface area contributed by atoms with Crippen LogP contribution >= 0.6 is 0 Å². The molecule has 0 radical (unpaired) electrons. The zero-order valence-electron chi connectivity index (χ0n) is 14.7. The predicted molar refractivity (Wildman–Crippen MR) is 93.3 cm³/mol. The molecule has 1 aromatic carbocycles. The lowest BCUT2D eigenvalue weighted by molar-refractivity contribution is 0.00929. The predicted octanol–water partition coefficient (Wildman–Crippen LogP) is 2.97. The molecule has 3 rings (SSSR count). The van der Waals surface area contributed by atoms with E-state index in [0.29, 0.717) is 45.0 Å². The number of rotatable bonds is 5. The van der Waals surface area contributed by atoms with Crippen molar-refractivity contribution >= 4 is 12.2 Å². The molecule has 25 heavy (non-hydrogen) atoms. The van der Waals surface area contributed by atoms with E-state index >= 15 is 0 Å². The number of ether oxygens (including phenoxy) is 2. The van der Waals surface area contributed by atoms with Crippen LogP contribution < -0.4 is 5.32 Å². The summed E-state index contributed by atoms with van der Waals surface area (Å²) >= 11 is 0. The Labute approximate surface area is 148 Å². The van der Waals surface area contributed by atoms with E-state index in [1.807, 2.05) is 18.2 Å². The summed E-state index contributed by atoms with van der Waals surface area (Å²) in [6, 6.07) is 10.3. The van der Waals surface area contributed by atoms with Crippen LogP contribution in [0.2, 0.25) is 0 Å². The molecular weight excluding hydrogens is 320 g/mol. The largest absolute Gasteiger partial charge is 0.509 e. The number of cyclic esters (lactones) is 1. The molecule has 2 heterocycles. The van der Waals surface area contributed by atoms with Gasteiger partial charge < -0.3 is 19.7 Å². The fourth-order valence-corrected chi connectivity index (χ4v) is 3.44. The molecule has 2 saturated heterocycles. The third-order valence-corrected chi connectivity index (χ3v) is 5.20. The number of likely N-dealkylation sites (tertiary alicyclic amines) is 1. The smallest absolute Gasteiger partial charge is 0.430 e. The molecule has 1 aromatic rings. The normalized spacial score (nSPS) is 20.0. The zero-order valence-corrected chi connectivity index (χ0v) is 14.7. The Morgan fingerprint density at radius 1 is 1.28 bits per heavy atom. The number of nitrogens with zero attached hydrogens (tertiary/aromatic N) is 1. The summed E-state index contributed by atoms with van der Waals surface area (Å²) in [5.74, 6) is 0.423. The Bertz CT molecular complexity index is 597. The number of nitrogens with one attached hydrogen (secondary N) is 1. The van der Waals surface area contributed by atoms with E-state index in [4.69, 9.17) is 9.47 Å². The van der Waals surface area contributed by atoms with Crippen molar-refractivity contribution in [2.45, 2.75) is 38.2 Å². The summed E-state index contributed by atoms with van der Waals surface area (Å²) in [6.45, 7) is 4.29. The highest BCUT2D eigenvalue weighted by Crippen LogP contribution is 2.31. The molecule has 2 aliphatic rings. The molecule has 2 aliphatic heterocycles. The average molecular weight is 346 g/mol. The van der Waals surface area contributed by atoms with Crippen molar-refractivity contribution in [3.63, 3.8) is 0 Å². The Morgan fingerprint density at radius 3 is 2.60 bits per heavy atom. The number of hydrogen-bond donors (Lipinski definition) is 1. The average Bonchev–Trinajstić information content (AvgIpc) is 3.00. The minimum Gasteiger partial charge on any atom is -0.430 e. The Morgan fingerprint density at radius 2 is 2.00 bits per heavy atom. The van der Waals surface area contributed by atoms with Crippen molar-refractivity contribution in [2.75, 3.05) is 26.2 Å². The van der Waals surface area contributed by atoms with Gasteiger partial charge in [0, 0.05) is 32.5 Å². The summed E-state index contributed by atoms with van der Waals surface area (Å²) in [6.07, 6.45) is 2.66. The molecule has 0 saturated carbocycles. The molecule has 1 N–H and O–H groups in total. The maximum absolute atomic E-state index is 12.4. The molecule has 1 atom stereocenters. The summed E-state index contributed by atoms with van der Waals surface area (Å²) in [5.41, 5.74) is 0.777. The van der Waals surface area contributed by atoms with Crippen LogP contribution in [0.1, 0.15) is 31.7 Å². The van der Waals surface area contributed by atoms with Gasteiger partial charge >= 0.3 is 12.2 Å². The summed E-state index contributed by atoms with van der Waals surface area (Å²) in [4.78, 5) is 25.4. The second-order valence-corrected chi connectivity index (χ2v) is 6.96. The van der Waals surface area contributed by atoms with E-state index in [0.717, 1.165) is 12.8 Å². The van der Waals surface area contributed by atoms with Gasteiger partial charge in [-0.25, -0.2) is 9.59 Å². The van der Waals surface area contributed by atoms with Gasteiger partial charge in [0.1, 0.15) is 6.61 Å².